The smallest absolute Gasteiger partial charge is 0.419 e. The summed E-state index contributed by atoms with van der Waals surface area (Å²) in [6, 6.07) is 14.6. The van der Waals surface area contributed by atoms with Crippen LogP contribution in [0.5, 0.6) is 5.75 Å². The van der Waals surface area contributed by atoms with Crippen LogP contribution in [-0.2, 0) is 27.4 Å². The van der Waals surface area contributed by atoms with E-state index in [1.165, 1.54) is 24.3 Å². The average molecular weight is 511 g/mol. The summed E-state index contributed by atoms with van der Waals surface area (Å²) in [6.45, 7) is 2.17. The summed E-state index contributed by atoms with van der Waals surface area (Å²) in [5.74, 6) is -1.95. The Balaban J connectivity index is 1.87. The van der Waals surface area contributed by atoms with Crippen LogP contribution in [0.3, 0.4) is 0 Å². The Morgan fingerprint density at radius 3 is 2.26 bits per heavy atom. The van der Waals surface area contributed by atoms with Crippen molar-refractivity contribution in [3.8, 4) is 5.75 Å². The van der Waals surface area contributed by atoms with Gasteiger partial charge in [0.25, 0.3) is 0 Å². The van der Waals surface area contributed by atoms with Gasteiger partial charge in [0.05, 0.1) is 17.1 Å². The van der Waals surface area contributed by atoms with E-state index >= 15 is 0 Å². The molecule has 0 heterocycles. The van der Waals surface area contributed by atoms with E-state index in [-0.39, 0.29) is 17.0 Å². The summed E-state index contributed by atoms with van der Waals surface area (Å²) in [7, 11) is -4.19. The first-order valence-corrected chi connectivity index (χ1v) is 11.9. The molecule has 3 rings (SSSR count). The first-order valence-electron chi connectivity index (χ1n) is 10.5. The second-order valence-electron chi connectivity index (χ2n) is 7.45. The summed E-state index contributed by atoms with van der Waals surface area (Å²) in [6.07, 6.45) is -5.06. The number of ether oxygens (including phenoxy) is 1. The van der Waals surface area contributed by atoms with Crippen molar-refractivity contribution in [1.82, 2.24) is 4.72 Å². The topological polar surface area (TPSA) is 84.5 Å². The third-order valence-electron chi connectivity index (χ3n) is 4.88. The third kappa shape index (κ3) is 7.03. The number of carbonyl (C=O) groups excluding carboxylic acids is 1. The summed E-state index contributed by atoms with van der Waals surface area (Å²) in [4.78, 5) is 12.8. The van der Waals surface area contributed by atoms with Gasteiger partial charge in [-0.05, 0) is 61.4 Å². The Hall–Kier alpha value is -3.44. The summed E-state index contributed by atoms with van der Waals surface area (Å²) in [5, 5.41) is 2.25. The molecule has 11 heteroatoms. The minimum absolute atomic E-state index is 0.0870. The molecule has 1 amide bonds. The van der Waals surface area contributed by atoms with Crippen molar-refractivity contribution in [1.29, 1.82) is 0 Å². The molecular weight excluding hydrogens is 488 g/mol. The van der Waals surface area contributed by atoms with Crippen LogP contribution in [0.4, 0.5) is 23.2 Å². The molecule has 0 aliphatic carbocycles. The maximum atomic E-state index is 13.6. The van der Waals surface area contributed by atoms with E-state index in [0.29, 0.717) is 30.1 Å². The van der Waals surface area contributed by atoms with Gasteiger partial charge >= 0.3 is 6.18 Å². The van der Waals surface area contributed by atoms with Gasteiger partial charge in [-0.15, -0.1) is 0 Å². The Kier molecular flexibility index (Phi) is 8.13. The van der Waals surface area contributed by atoms with Crippen molar-refractivity contribution in [2.75, 3.05) is 11.9 Å². The zero-order chi connectivity index (χ0) is 25.6. The standard InChI is InChI=1S/C24H22F4N2O4S/c1-2-34-18-9-11-19(12-10-18)35(32,33)30-22(14-16-6-4-3-5-7-16)23(31)29-17-8-13-21(25)20(15-17)24(26,27)28/h3-13,15,22,30H,2,14H2,1H3,(H,29,31). The number of amides is 1. The molecule has 2 N–H and O–H groups in total. The molecule has 0 aliphatic rings. The van der Waals surface area contributed by atoms with Crippen LogP contribution in [0.2, 0.25) is 0 Å². The molecule has 0 bridgehead atoms. The number of sulfonamides is 1. The van der Waals surface area contributed by atoms with Gasteiger partial charge in [-0.25, -0.2) is 12.8 Å². The van der Waals surface area contributed by atoms with Gasteiger partial charge in [-0.3, -0.25) is 4.79 Å². The van der Waals surface area contributed by atoms with Crippen molar-refractivity contribution < 1.29 is 35.5 Å². The Bertz CT molecular complexity index is 1260. The minimum atomic E-state index is -4.97. The van der Waals surface area contributed by atoms with E-state index in [9.17, 15) is 30.8 Å². The predicted molar refractivity (Wildman–Crippen MR) is 122 cm³/mol. The molecule has 6 nitrogen and oxygen atoms in total. The molecule has 0 fully saturated rings. The summed E-state index contributed by atoms with van der Waals surface area (Å²) in [5.41, 5.74) is -1.27. The zero-order valence-electron chi connectivity index (χ0n) is 18.5. The number of alkyl halides is 3. The number of nitrogens with one attached hydrogen (secondary N) is 2. The molecule has 35 heavy (non-hydrogen) atoms. The summed E-state index contributed by atoms with van der Waals surface area (Å²) >= 11 is 0. The number of rotatable bonds is 9. The second kappa shape index (κ2) is 10.9. The van der Waals surface area contributed by atoms with E-state index in [0.717, 1.165) is 6.07 Å². The highest BCUT2D eigenvalue weighted by atomic mass is 32.2. The van der Waals surface area contributed by atoms with Gasteiger partial charge in [-0.2, -0.15) is 17.9 Å². The van der Waals surface area contributed by atoms with Crippen LogP contribution in [0.15, 0.2) is 77.7 Å². The van der Waals surface area contributed by atoms with Gasteiger partial charge in [0, 0.05) is 5.69 Å². The first kappa shape index (κ1) is 26.2. The summed E-state index contributed by atoms with van der Waals surface area (Å²) < 4.78 is 86.3. The van der Waals surface area contributed by atoms with Crippen LogP contribution < -0.4 is 14.8 Å². The first-order chi connectivity index (χ1) is 16.5. The van der Waals surface area contributed by atoms with E-state index < -0.39 is 39.5 Å². The fourth-order valence-corrected chi connectivity index (χ4v) is 4.42. The molecule has 0 saturated carbocycles. The number of hydrogen-bond donors (Lipinski definition) is 2. The molecule has 186 valence electrons. The largest absolute Gasteiger partial charge is 0.494 e. The number of anilines is 1. The maximum absolute atomic E-state index is 13.6. The van der Waals surface area contributed by atoms with E-state index in [2.05, 4.69) is 10.0 Å². The van der Waals surface area contributed by atoms with Crippen LogP contribution in [0.25, 0.3) is 0 Å². The maximum Gasteiger partial charge on any atom is 0.419 e. The van der Waals surface area contributed by atoms with Crippen LogP contribution in [-0.4, -0.2) is 27.0 Å². The van der Waals surface area contributed by atoms with Crippen molar-refractivity contribution >= 4 is 21.6 Å². The Morgan fingerprint density at radius 1 is 1.00 bits per heavy atom. The van der Waals surface area contributed by atoms with Gasteiger partial charge in [0.1, 0.15) is 17.6 Å². The lowest BCUT2D eigenvalue weighted by Crippen LogP contribution is -2.45. The number of hydrogen-bond acceptors (Lipinski definition) is 4. The highest BCUT2D eigenvalue weighted by Gasteiger charge is 2.34. The van der Waals surface area contributed by atoms with Crippen molar-refractivity contribution in [3.05, 3.63) is 89.7 Å². The average Bonchev–Trinajstić information content (AvgIpc) is 2.80. The third-order valence-corrected chi connectivity index (χ3v) is 6.37. The molecule has 0 aliphatic heterocycles. The molecule has 0 saturated heterocycles. The number of halogens is 4. The van der Waals surface area contributed by atoms with Crippen LogP contribution in [0, 0.1) is 5.82 Å². The minimum Gasteiger partial charge on any atom is -0.494 e. The lowest BCUT2D eigenvalue weighted by Gasteiger charge is -2.19. The molecule has 3 aromatic rings. The van der Waals surface area contributed by atoms with E-state index in [4.69, 9.17) is 4.74 Å². The van der Waals surface area contributed by atoms with Gasteiger partial charge < -0.3 is 10.1 Å². The monoisotopic (exact) mass is 510 g/mol. The lowest BCUT2D eigenvalue weighted by molar-refractivity contribution is -0.140. The molecular formula is C24H22F4N2O4S. The molecule has 0 aromatic heterocycles. The highest BCUT2D eigenvalue weighted by Crippen LogP contribution is 2.33. The van der Waals surface area contributed by atoms with E-state index in [1.54, 1.807) is 37.3 Å². The van der Waals surface area contributed by atoms with Crippen LogP contribution in [0.1, 0.15) is 18.1 Å². The highest BCUT2D eigenvalue weighted by molar-refractivity contribution is 7.89. The molecule has 0 spiro atoms. The number of benzene rings is 3. The fourth-order valence-electron chi connectivity index (χ4n) is 3.22. The van der Waals surface area contributed by atoms with Gasteiger partial charge in [0.2, 0.25) is 15.9 Å². The Morgan fingerprint density at radius 2 is 1.66 bits per heavy atom. The number of carbonyl (C=O) groups is 1. The second-order valence-corrected chi connectivity index (χ2v) is 9.16. The molecule has 1 atom stereocenters. The van der Waals surface area contributed by atoms with Crippen LogP contribution >= 0.6 is 0 Å². The zero-order valence-corrected chi connectivity index (χ0v) is 19.3. The van der Waals surface area contributed by atoms with Gasteiger partial charge in [-0.1, -0.05) is 30.3 Å². The fraction of sp³-hybridized carbons (Fsp3) is 0.208. The predicted octanol–water partition coefficient (Wildman–Crippen LogP) is 4.77. The SMILES string of the molecule is CCOc1ccc(S(=O)(=O)NC(Cc2ccccc2)C(=O)Nc2ccc(F)c(C(F)(F)F)c2)cc1. The van der Waals surface area contributed by atoms with E-state index in [1.807, 2.05) is 0 Å². The lowest BCUT2D eigenvalue weighted by atomic mass is 10.1. The van der Waals surface area contributed by atoms with Crippen molar-refractivity contribution in [2.24, 2.45) is 0 Å². The quantitative estimate of drug-likeness (QED) is 0.406. The normalized spacial score (nSPS) is 12.7. The van der Waals surface area contributed by atoms with Crippen molar-refractivity contribution in [3.63, 3.8) is 0 Å². The Labute approximate surface area is 200 Å². The molecule has 3 aromatic carbocycles. The van der Waals surface area contributed by atoms with Crippen molar-refractivity contribution in [2.45, 2.75) is 30.5 Å². The van der Waals surface area contributed by atoms with Gasteiger partial charge in [0.15, 0.2) is 0 Å². The molecule has 1 unspecified atom stereocenters. The molecule has 0 radical (unpaired) electrons.